The van der Waals surface area contributed by atoms with Gasteiger partial charge in [-0.1, -0.05) is 37.5 Å². The molecule has 1 amide bonds. The highest BCUT2D eigenvalue weighted by Crippen LogP contribution is 2.27. The van der Waals surface area contributed by atoms with Crippen LogP contribution in [0.25, 0.3) is 0 Å². The van der Waals surface area contributed by atoms with E-state index in [0.29, 0.717) is 6.54 Å². The largest absolute Gasteiger partial charge is 0.327 e. The molecule has 1 aliphatic heterocycles. The number of rotatable bonds is 3. The molecule has 19 heavy (non-hydrogen) atoms. The van der Waals surface area contributed by atoms with Crippen molar-refractivity contribution < 1.29 is 9.59 Å². The van der Waals surface area contributed by atoms with Gasteiger partial charge in [0.05, 0.1) is 6.54 Å². The van der Waals surface area contributed by atoms with Gasteiger partial charge in [0.1, 0.15) is 0 Å². The van der Waals surface area contributed by atoms with Gasteiger partial charge in [0.25, 0.3) is 5.91 Å². The molecule has 0 atom stereocenters. The molecule has 0 spiro atoms. The second kappa shape index (κ2) is 5.16. The Morgan fingerprint density at radius 2 is 1.89 bits per heavy atom. The first-order chi connectivity index (χ1) is 9.25. The molecule has 0 radical (unpaired) electrons. The second-order valence-corrected chi connectivity index (χ2v) is 5.62. The normalized spacial score (nSPS) is 19.6. The van der Waals surface area contributed by atoms with Gasteiger partial charge >= 0.3 is 0 Å². The molecule has 3 nitrogen and oxygen atoms in total. The molecule has 3 heteroatoms. The lowest BCUT2D eigenvalue weighted by Crippen LogP contribution is -2.34. The molecule has 0 aromatic heterocycles. The Bertz CT molecular complexity index is 503. The average molecular weight is 257 g/mol. The van der Waals surface area contributed by atoms with Crippen LogP contribution in [0.5, 0.6) is 0 Å². The van der Waals surface area contributed by atoms with E-state index < -0.39 is 0 Å². The van der Waals surface area contributed by atoms with E-state index in [1.165, 1.54) is 6.42 Å². The third-order valence-electron chi connectivity index (χ3n) is 4.30. The average Bonchev–Trinajstić information content (AvgIpc) is 2.77. The first kappa shape index (κ1) is 12.4. The smallest absolute Gasteiger partial charge is 0.254 e. The van der Waals surface area contributed by atoms with Crippen LogP contribution < -0.4 is 0 Å². The standard InChI is InChI=1S/C16H19NO2/c18-15(12-6-2-1-3-7-12)11-17-10-13-8-4-5-9-14(13)16(17)19/h4-5,8-9,12H,1-3,6-7,10-11H2. The molecule has 2 aliphatic rings. The highest BCUT2D eigenvalue weighted by molar-refractivity contribution is 6.00. The maximum atomic E-state index is 12.3. The van der Waals surface area contributed by atoms with Crippen molar-refractivity contribution >= 4 is 11.7 Å². The highest BCUT2D eigenvalue weighted by Gasteiger charge is 2.30. The zero-order valence-electron chi connectivity index (χ0n) is 11.1. The summed E-state index contributed by atoms with van der Waals surface area (Å²) in [5.74, 6) is 0.450. The van der Waals surface area contributed by atoms with E-state index >= 15 is 0 Å². The van der Waals surface area contributed by atoms with Gasteiger partial charge in [-0.05, 0) is 24.5 Å². The lowest BCUT2D eigenvalue weighted by atomic mass is 9.86. The SMILES string of the molecule is O=C(CN1Cc2ccccc2C1=O)C1CCCCC1. The first-order valence-electron chi connectivity index (χ1n) is 7.15. The predicted octanol–water partition coefficient (Wildman–Crippen LogP) is 2.79. The van der Waals surface area contributed by atoms with Crippen molar-refractivity contribution in [1.29, 1.82) is 0 Å². The van der Waals surface area contributed by atoms with E-state index in [2.05, 4.69) is 0 Å². The van der Waals surface area contributed by atoms with Crippen molar-refractivity contribution in [3.63, 3.8) is 0 Å². The van der Waals surface area contributed by atoms with Gasteiger partial charge in [-0.2, -0.15) is 0 Å². The fourth-order valence-electron chi connectivity index (χ4n) is 3.18. The van der Waals surface area contributed by atoms with Crippen LogP contribution in [0.15, 0.2) is 24.3 Å². The summed E-state index contributed by atoms with van der Waals surface area (Å²) in [6, 6.07) is 7.64. The van der Waals surface area contributed by atoms with Crippen LogP contribution in [-0.2, 0) is 11.3 Å². The van der Waals surface area contributed by atoms with Crippen LogP contribution in [0.4, 0.5) is 0 Å². The third-order valence-corrected chi connectivity index (χ3v) is 4.30. The fourth-order valence-corrected chi connectivity index (χ4v) is 3.18. The highest BCUT2D eigenvalue weighted by atomic mass is 16.2. The lowest BCUT2D eigenvalue weighted by molar-refractivity contribution is -0.124. The molecule has 1 aromatic carbocycles. The van der Waals surface area contributed by atoms with Crippen molar-refractivity contribution in [2.75, 3.05) is 6.54 Å². The number of Topliss-reactive ketones (excluding diaryl/α,β-unsaturated/α-hetero) is 1. The summed E-state index contributed by atoms with van der Waals surface area (Å²) in [5, 5.41) is 0. The van der Waals surface area contributed by atoms with Crippen LogP contribution in [0.2, 0.25) is 0 Å². The number of ketones is 1. The van der Waals surface area contributed by atoms with Crippen molar-refractivity contribution in [3.8, 4) is 0 Å². The first-order valence-corrected chi connectivity index (χ1v) is 7.15. The molecule has 1 aromatic rings. The Balaban J connectivity index is 1.66. The number of nitrogens with zero attached hydrogens (tertiary/aromatic N) is 1. The summed E-state index contributed by atoms with van der Waals surface area (Å²) in [4.78, 5) is 26.1. The van der Waals surface area contributed by atoms with Crippen molar-refractivity contribution in [2.24, 2.45) is 5.92 Å². The van der Waals surface area contributed by atoms with Gasteiger partial charge in [-0.25, -0.2) is 0 Å². The van der Waals surface area contributed by atoms with E-state index in [9.17, 15) is 9.59 Å². The van der Waals surface area contributed by atoms with Gasteiger partial charge in [0.2, 0.25) is 0 Å². The molecule has 1 fully saturated rings. The Morgan fingerprint density at radius 1 is 1.16 bits per heavy atom. The van der Waals surface area contributed by atoms with E-state index in [4.69, 9.17) is 0 Å². The van der Waals surface area contributed by atoms with Crippen molar-refractivity contribution in [3.05, 3.63) is 35.4 Å². The minimum atomic E-state index is 0.0137. The van der Waals surface area contributed by atoms with E-state index in [1.54, 1.807) is 4.90 Å². The molecule has 1 aliphatic carbocycles. The predicted molar refractivity (Wildman–Crippen MR) is 72.8 cm³/mol. The third kappa shape index (κ3) is 2.42. The van der Waals surface area contributed by atoms with Crippen LogP contribution in [0, 0.1) is 5.92 Å². The molecule has 0 saturated heterocycles. The number of amides is 1. The Morgan fingerprint density at radius 3 is 2.63 bits per heavy atom. The summed E-state index contributed by atoms with van der Waals surface area (Å²) >= 11 is 0. The molecular formula is C16H19NO2. The maximum Gasteiger partial charge on any atom is 0.254 e. The van der Waals surface area contributed by atoms with Crippen LogP contribution in [-0.4, -0.2) is 23.1 Å². The Labute approximate surface area is 113 Å². The van der Waals surface area contributed by atoms with E-state index in [1.807, 2.05) is 24.3 Å². The summed E-state index contributed by atoms with van der Waals surface area (Å²) in [6.45, 7) is 0.881. The van der Waals surface area contributed by atoms with Gasteiger partial charge < -0.3 is 4.90 Å². The summed E-state index contributed by atoms with van der Waals surface area (Å²) in [6.07, 6.45) is 5.58. The Kier molecular flexibility index (Phi) is 3.36. The quantitative estimate of drug-likeness (QED) is 0.835. The van der Waals surface area contributed by atoms with Crippen molar-refractivity contribution in [2.45, 2.75) is 38.6 Å². The van der Waals surface area contributed by atoms with Gasteiger partial charge in [0.15, 0.2) is 5.78 Å². The maximum absolute atomic E-state index is 12.3. The van der Waals surface area contributed by atoms with Gasteiger partial charge in [-0.15, -0.1) is 0 Å². The molecule has 1 heterocycles. The molecule has 0 bridgehead atoms. The summed E-state index contributed by atoms with van der Waals surface area (Å²) in [7, 11) is 0. The summed E-state index contributed by atoms with van der Waals surface area (Å²) in [5.41, 5.74) is 1.81. The summed E-state index contributed by atoms with van der Waals surface area (Å²) < 4.78 is 0. The van der Waals surface area contributed by atoms with Crippen LogP contribution in [0.3, 0.4) is 0 Å². The number of hydrogen-bond acceptors (Lipinski definition) is 2. The number of benzene rings is 1. The lowest BCUT2D eigenvalue weighted by Gasteiger charge is -2.23. The fraction of sp³-hybridized carbons (Fsp3) is 0.500. The van der Waals surface area contributed by atoms with E-state index in [0.717, 1.165) is 36.8 Å². The van der Waals surface area contributed by atoms with Gasteiger partial charge in [0, 0.05) is 18.0 Å². The van der Waals surface area contributed by atoms with Crippen molar-refractivity contribution in [1.82, 2.24) is 4.90 Å². The topological polar surface area (TPSA) is 37.4 Å². The second-order valence-electron chi connectivity index (χ2n) is 5.62. The van der Waals surface area contributed by atoms with E-state index in [-0.39, 0.29) is 24.2 Å². The number of carbonyl (C=O) groups excluding carboxylic acids is 2. The molecule has 1 saturated carbocycles. The zero-order valence-corrected chi connectivity index (χ0v) is 11.1. The molecule has 0 N–H and O–H groups in total. The molecule has 3 rings (SSSR count). The number of hydrogen-bond donors (Lipinski definition) is 0. The minimum absolute atomic E-state index is 0.0137. The minimum Gasteiger partial charge on any atom is -0.327 e. The monoisotopic (exact) mass is 257 g/mol. The molecule has 100 valence electrons. The van der Waals surface area contributed by atoms with Crippen LogP contribution in [0.1, 0.15) is 48.0 Å². The molecular weight excluding hydrogens is 238 g/mol. The molecule has 0 unspecified atom stereocenters. The number of carbonyl (C=O) groups is 2. The zero-order chi connectivity index (χ0) is 13.2. The van der Waals surface area contributed by atoms with Gasteiger partial charge in [-0.3, -0.25) is 9.59 Å². The van der Waals surface area contributed by atoms with Crippen LogP contribution >= 0.6 is 0 Å². The Hall–Kier alpha value is -1.64. The number of fused-ring (bicyclic) bond motifs is 1.